The van der Waals surface area contributed by atoms with Gasteiger partial charge in [0.2, 0.25) is 5.91 Å². The van der Waals surface area contributed by atoms with Crippen LogP contribution in [-0.2, 0) is 9.59 Å². The molecule has 1 aromatic rings. The lowest BCUT2D eigenvalue weighted by atomic mass is 10.1. The molecule has 1 atom stereocenters. The van der Waals surface area contributed by atoms with Crippen LogP contribution in [0.4, 0.5) is 4.39 Å². The Labute approximate surface area is 116 Å². The number of carboxylic acids is 1. The first-order valence-corrected chi connectivity index (χ1v) is 6.53. The largest absolute Gasteiger partial charge is 0.481 e. The van der Waals surface area contributed by atoms with Crippen molar-refractivity contribution in [2.45, 2.75) is 25.3 Å². The van der Waals surface area contributed by atoms with E-state index in [4.69, 9.17) is 5.11 Å². The number of nitrogens with zero attached hydrogens (tertiary/aromatic N) is 1. The molecule has 1 aliphatic heterocycles. The summed E-state index contributed by atoms with van der Waals surface area (Å²) in [5, 5.41) is 8.81. The number of amides is 1. The number of hydrogen-bond acceptors (Lipinski definition) is 2. The van der Waals surface area contributed by atoms with Crippen molar-refractivity contribution < 1.29 is 19.1 Å². The first-order chi connectivity index (χ1) is 9.58. The summed E-state index contributed by atoms with van der Waals surface area (Å²) in [4.78, 5) is 24.3. The number of benzene rings is 1. The number of aliphatic carboxylic acids is 1. The fraction of sp³-hybridized carbons (Fsp3) is 0.333. The van der Waals surface area contributed by atoms with Gasteiger partial charge in [-0.05, 0) is 25.0 Å². The average Bonchev–Trinajstić information content (AvgIpc) is 2.85. The Morgan fingerprint density at radius 2 is 2.15 bits per heavy atom. The van der Waals surface area contributed by atoms with E-state index in [1.807, 2.05) is 0 Å². The number of carboxylic acid groups (broad SMARTS) is 1. The summed E-state index contributed by atoms with van der Waals surface area (Å²) in [5.74, 6) is -1.56. The molecule has 1 fully saturated rings. The molecule has 0 spiro atoms. The number of likely N-dealkylation sites (tertiary alicyclic amines) is 1. The summed E-state index contributed by atoms with van der Waals surface area (Å²) in [7, 11) is 0. The minimum atomic E-state index is -0.909. The van der Waals surface area contributed by atoms with E-state index >= 15 is 0 Å². The van der Waals surface area contributed by atoms with E-state index < -0.39 is 5.97 Å². The molecule has 0 aliphatic carbocycles. The molecule has 0 bridgehead atoms. The summed E-state index contributed by atoms with van der Waals surface area (Å²) < 4.78 is 13.4. The summed E-state index contributed by atoms with van der Waals surface area (Å²) in [5.41, 5.74) is 0.342. The molecule has 106 valence electrons. The Kier molecular flexibility index (Phi) is 4.50. The van der Waals surface area contributed by atoms with Gasteiger partial charge in [0.25, 0.3) is 0 Å². The van der Waals surface area contributed by atoms with Crippen LogP contribution in [0.5, 0.6) is 0 Å². The maximum Gasteiger partial charge on any atom is 0.305 e. The van der Waals surface area contributed by atoms with Gasteiger partial charge in [0.15, 0.2) is 0 Å². The topological polar surface area (TPSA) is 57.6 Å². The molecular weight excluding hydrogens is 261 g/mol. The van der Waals surface area contributed by atoms with Gasteiger partial charge in [-0.15, -0.1) is 0 Å². The van der Waals surface area contributed by atoms with E-state index in [1.54, 1.807) is 23.1 Å². The zero-order chi connectivity index (χ0) is 14.5. The van der Waals surface area contributed by atoms with Gasteiger partial charge in [0.1, 0.15) is 5.82 Å². The molecule has 2 rings (SSSR count). The monoisotopic (exact) mass is 277 g/mol. The van der Waals surface area contributed by atoms with E-state index in [0.29, 0.717) is 18.5 Å². The fourth-order valence-corrected chi connectivity index (χ4v) is 2.41. The zero-order valence-electron chi connectivity index (χ0n) is 11.0. The van der Waals surface area contributed by atoms with Gasteiger partial charge in [0.05, 0.1) is 6.42 Å². The maximum absolute atomic E-state index is 13.4. The highest BCUT2D eigenvalue weighted by atomic mass is 19.1. The molecule has 1 aliphatic rings. The van der Waals surface area contributed by atoms with Gasteiger partial charge >= 0.3 is 5.97 Å². The van der Waals surface area contributed by atoms with Crippen LogP contribution in [0.25, 0.3) is 6.08 Å². The summed E-state index contributed by atoms with van der Waals surface area (Å²) >= 11 is 0. The molecule has 0 aromatic heterocycles. The molecule has 1 amide bonds. The van der Waals surface area contributed by atoms with Crippen molar-refractivity contribution in [1.82, 2.24) is 4.90 Å². The normalized spacial score (nSPS) is 18.6. The quantitative estimate of drug-likeness (QED) is 0.859. The average molecular weight is 277 g/mol. The molecule has 1 N–H and O–H groups in total. The second-order valence-electron chi connectivity index (χ2n) is 4.78. The number of hydrogen-bond donors (Lipinski definition) is 1. The van der Waals surface area contributed by atoms with Crippen LogP contribution < -0.4 is 0 Å². The van der Waals surface area contributed by atoms with Gasteiger partial charge < -0.3 is 10.0 Å². The Bertz CT molecular complexity index is 542. The smallest absolute Gasteiger partial charge is 0.305 e. The number of carbonyl (C=O) groups excluding carboxylic acids is 1. The number of carbonyl (C=O) groups is 2. The zero-order valence-corrected chi connectivity index (χ0v) is 11.0. The summed E-state index contributed by atoms with van der Waals surface area (Å²) in [6, 6.07) is 5.92. The third-order valence-corrected chi connectivity index (χ3v) is 3.38. The second kappa shape index (κ2) is 6.32. The third-order valence-electron chi connectivity index (χ3n) is 3.38. The van der Waals surface area contributed by atoms with Crippen molar-refractivity contribution in [3.63, 3.8) is 0 Å². The van der Waals surface area contributed by atoms with Crippen LogP contribution in [0.2, 0.25) is 0 Å². The fourth-order valence-electron chi connectivity index (χ4n) is 2.41. The van der Waals surface area contributed by atoms with Gasteiger partial charge in [0, 0.05) is 24.2 Å². The van der Waals surface area contributed by atoms with Crippen LogP contribution >= 0.6 is 0 Å². The molecule has 0 saturated carbocycles. The van der Waals surface area contributed by atoms with Crippen molar-refractivity contribution in [3.05, 3.63) is 41.7 Å². The molecule has 4 nitrogen and oxygen atoms in total. The first kappa shape index (κ1) is 14.2. The standard InChI is InChI=1S/C15H16FNO3/c16-13-6-2-1-4-11(13)7-8-14(18)17-9-3-5-12(17)10-15(19)20/h1-2,4,6-8,12H,3,5,9-10H2,(H,19,20)/b8-7+. The van der Waals surface area contributed by atoms with Gasteiger partial charge in [-0.3, -0.25) is 9.59 Å². The lowest BCUT2D eigenvalue weighted by molar-refractivity contribution is -0.139. The van der Waals surface area contributed by atoms with Crippen LogP contribution in [-0.4, -0.2) is 34.5 Å². The Balaban J connectivity index is 2.04. The highest BCUT2D eigenvalue weighted by Gasteiger charge is 2.29. The van der Waals surface area contributed by atoms with E-state index in [2.05, 4.69) is 0 Å². The van der Waals surface area contributed by atoms with Crippen molar-refractivity contribution in [3.8, 4) is 0 Å². The lowest BCUT2D eigenvalue weighted by Crippen LogP contribution is -2.35. The van der Waals surface area contributed by atoms with Crippen LogP contribution in [0.1, 0.15) is 24.8 Å². The van der Waals surface area contributed by atoms with Crippen LogP contribution in [0, 0.1) is 5.82 Å². The predicted octanol–water partition coefficient (Wildman–Crippen LogP) is 2.30. The SMILES string of the molecule is O=C(O)CC1CCCN1C(=O)/C=C/c1ccccc1F. The van der Waals surface area contributed by atoms with Gasteiger partial charge in [-0.25, -0.2) is 4.39 Å². The number of rotatable bonds is 4. The third kappa shape index (κ3) is 3.44. The second-order valence-corrected chi connectivity index (χ2v) is 4.78. The molecule has 1 unspecified atom stereocenters. The van der Waals surface area contributed by atoms with E-state index in [0.717, 1.165) is 6.42 Å². The predicted molar refractivity (Wildman–Crippen MR) is 72.4 cm³/mol. The van der Waals surface area contributed by atoms with Crippen molar-refractivity contribution in [2.75, 3.05) is 6.54 Å². The van der Waals surface area contributed by atoms with Crippen molar-refractivity contribution >= 4 is 18.0 Å². The number of halogens is 1. The lowest BCUT2D eigenvalue weighted by Gasteiger charge is -2.21. The Hall–Kier alpha value is -2.17. The molecule has 5 heteroatoms. The van der Waals surface area contributed by atoms with Crippen molar-refractivity contribution in [1.29, 1.82) is 0 Å². The van der Waals surface area contributed by atoms with E-state index in [1.165, 1.54) is 18.2 Å². The van der Waals surface area contributed by atoms with Crippen LogP contribution in [0.15, 0.2) is 30.3 Å². The van der Waals surface area contributed by atoms with Gasteiger partial charge in [-0.1, -0.05) is 18.2 Å². The molecule has 20 heavy (non-hydrogen) atoms. The van der Waals surface area contributed by atoms with Gasteiger partial charge in [-0.2, -0.15) is 0 Å². The minimum absolute atomic E-state index is 0.0424. The maximum atomic E-state index is 13.4. The molecule has 1 aromatic carbocycles. The molecule has 1 heterocycles. The van der Waals surface area contributed by atoms with E-state index in [9.17, 15) is 14.0 Å². The minimum Gasteiger partial charge on any atom is -0.481 e. The Morgan fingerprint density at radius 1 is 1.40 bits per heavy atom. The first-order valence-electron chi connectivity index (χ1n) is 6.53. The summed E-state index contributed by atoms with van der Waals surface area (Å²) in [6.07, 6.45) is 4.19. The van der Waals surface area contributed by atoms with Crippen molar-refractivity contribution in [2.24, 2.45) is 0 Å². The Morgan fingerprint density at radius 3 is 2.85 bits per heavy atom. The van der Waals surface area contributed by atoms with Crippen LogP contribution in [0.3, 0.4) is 0 Å². The highest BCUT2D eigenvalue weighted by molar-refractivity contribution is 5.92. The molecular formula is C15H16FNO3. The molecule has 0 radical (unpaired) electrons. The highest BCUT2D eigenvalue weighted by Crippen LogP contribution is 2.21. The molecule has 1 saturated heterocycles. The summed E-state index contributed by atoms with van der Waals surface area (Å²) in [6.45, 7) is 0.554. The van der Waals surface area contributed by atoms with E-state index in [-0.39, 0.29) is 24.2 Å².